The fraction of sp³-hybridized carbons (Fsp3) is 0.267. The molecule has 0 saturated carbocycles. The zero-order valence-corrected chi connectivity index (χ0v) is 11.2. The van der Waals surface area contributed by atoms with Gasteiger partial charge in [-0.25, -0.2) is 0 Å². The third-order valence-corrected chi connectivity index (χ3v) is 3.81. The molecule has 3 rings (SSSR count). The molecule has 6 heteroatoms. The van der Waals surface area contributed by atoms with Crippen LogP contribution in [0.5, 0.6) is 0 Å². The molecule has 0 radical (unpaired) electrons. The van der Waals surface area contributed by atoms with E-state index in [1.165, 1.54) is 11.0 Å². The lowest BCUT2D eigenvalue weighted by Crippen LogP contribution is -2.31. The predicted molar refractivity (Wildman–Crippen MR) is 76.2 cm³/mol. The Morgan fingerprint density at radius 2 is 2.05 bits per heavy atom. The molecule has 1 amide bonds. The van der Waals surface area contributed by atoms with E-state index in [4.69, 9.17) is 5.11 Å². The van der Waals surface area contributed by atoms with E-state index in [-0.39, 0.29) is 18.0 Å². The third-order valence-electron chi connectivity index (χ3n) is 3.81. The molecule has 2 N–H and O–H groups in total. The van der Waals surface area contributed by atoms with Crippen molar-refractivity contribution in [3.63, 3.8) is 0 Å². The molecular weight excluding hydrogens is 272 g/mol. The molecule has 1 unspecified atom stereocenters. The van der Waals surface area contributed by atoms with Gasteiger partial charge >= 0.3 is 5.97 Å². The molecule has 2 aromatic rings. The van der Waals surface area contributed by atoms with Crippen LogP contribution in [0.3, 0.4) is 0 Å². The largest absolute Gasteiger partial charge is 0.481 e. The monoisotopic (exact) mass is 286 g/mol. The van der Waals surface area contributed by atoms with Crippen LogP contribution < -0.4 is 5.56 Å². The average molecular weight is 286 g/mol. The van der Waals surface area contributed by atoms with Crippen molar-refractivity contribution in [1.82, 2.24) is 9.88 Å². The van der Waals surface area contributed by atoms with Gasteiger partial charge in [0.2, 0.25) is 5.56 Å². The van der Waals surface area contributed by atoms with E-state index < -0.39 is 11.9 Å². The summed E-state index contributed by atoms with van der Waals surface area (Å²) in [6, 6.07) is 8.35. The molecule has 1 aliphatic heterocycles. The highest BCUT2D eigenvalue weighted by Crippen LogP contribution is 2.22. The molecular formula is C15H14N2O4. The normalized spacial score (nSPS) is 18.1. The van der Waals surface area contributed by atoms with E-state index in [1.54, 1.807) is 24.3 Å². The number of hydrogen-bond acceptors (Lipinski definition) is 3. The maximum atomic E-state index is 12.6. The Labute approximate surface area is 120 Å². The number of nitrogens with zero attached hydrogens (tertiary/aromatic N) is 1. The van der Waals surface area contributed by atoms with E-state index >= 15 is 0 Å². The molecule has 108 valence electrons. The number of fused-ring (bicyclic) bond motifs is 1. The Morgan fingerprint density at radius 1 is 1.29 bits per heavy atom. The van der Waals surface area contributed by atoms with Gasteiger partial charge in [-0.2, -0.15) is 0 Å². The third kappa shape index (κ3) is 2.40. The van der Waals surface area contributed by atoms with Crippen LogP contribution in [0.25, 0.3) is 10.9 Å². The molecule has 0 spiro atoms. The Morgan fingerprint density at radius 3 is 2.76 bits per heavy atom. The van der Waals surface area contributed by atoms with Crippen LogP contribution in [0.15, 0.2) is 35.1 Å². The summed E-state index contributed by atoms with van der Waals surface area (Å²) in [5.41, 5.74) is 0.578. The number of rotatable bonds is 2. The highest BCUT2D eigenvalue weighted by Gasteiger charge is 2.31. The van der Waals surface area contributed by atoms with Crippen molar-refractivity contribution in [2.75, 3.05) is 13.1 Å². The van der Waals surface area contributed by atoms with Crippen LogP contribution in [0, 0.1) is 5.92 Å². The molecule has 0 bridgehead atoms. The minimum Gasteiger partial charge on any atom is -0.481 e. The molecule has 1 aromatic carbocycles. The summed E-state index contributed by atoms with van der Waals surface area (Å²) in [6.45, 7) is 0.590. The van der Waals surface area contributed by atoms with Crippen LogP contribution in [0.2, 0.25) is 0 Å². The number of aromatic amines is 1. The summed E-state index contributed by atoms with van der Waals surface area (Å²) in [7, 11) is 0. The van der Waals surface area contributed by atoms with Crippen molar-refractivity contribution in [2.24, 2.45) is 5.92 Å². The van der Waals surface area contributed by atoms with Gasteiger partial charge in [-0.1, -0.05) is 18.2 Å². The van der Waals surface area contributed by atoms with Gasteiger partial charge in [0.15, 0.2) is 0 Å². The second-order valence-corrected chi connectivity index (χ2v) is 5.17. The molecule has 1 fully saturated rings. The fourth-order valence-electron chi connectivity index (χ4n) is 2.70. The lowest BCUT2D eigenvalue weighted by molar-refractivity contribution is -0.141. The summed E-state index contributed by atoms with van der Waals surface area (Å²) < 4.78 is 0. The van der Waals surface area contributed by atoms with E-state index in [2.05, 4.69) is 4.98 Å². The van der Waals surface area contributed by atoms with E-state index in [0.29, 0.717) is 29.4 Å². The quantitative estimate of drug-likeness (QED) is 0.864. The number of carboxylic acid groups (broad SMARTS) is 1. The molecule has 1 aliphatic rings. The van der Waals surface area contributed by atoms with E-state index in [9.17, 15) is 14.4 Å². The summed E-state index contributed by atoms with van der Waals surface area (Å²) >= 11 is 0. The van der Waals surface area contributed by atoms with Gasteiger partial charge in [-0.3, -0.25) is 14.4 Å². The van der Waals surface area contributed by atoms with Gasteiger partial charge in [-0.15, -0.1) is 0 Å². The second-order valence-electron chi connectivity index (χ2n) is 5.17. The highest BCUT2D eigenvalue weighted by molar-refractivity contribution is 6.06. The number of carboxylic acids is 1. The number of H-pyrrole nitrogens is 1. The molecule has 1 atom stereocenters. The standard InChI is InChI=1S/C15H14N2O4/c18-13-7-11(10-3-1-2-4-12(10)16-13)14(19)17-6-5-9(8-17)15(20)21/h1-4,7,9H,5-6,8H2,(H,16,18)(H,20,21). The number of carbonyl (C=O) groups is 2. The smallest absolute Gasteiger partial charge is 0.308 e. The van der Waals surface area contributed by atoms with Crippen molar-refractivity contribution in [1.29, 1.82) is 0 Å². The molecule has 6 nitrogen and oxygen atoms in total. The van der Waals surface area contributed by atoms with Crippen LogP contribution in [0.4, 0.5) is 0 Å². The van der Waals surface area contributed by atoms with Crippen molar-refractivity contribution in [2.45, 2.75) is 6.42 Å². The predicted octanol–water partition coefficient (Wildman–Crippen LogP) is 1.07. The number of hydrogen-bond donors (Lipinski definition) is 2. The first-order chi connectivity index (χ1) is 10.1. The van der Waals surface area contributed by atoms with Gasteiger partial charge < -0.3 is 15.0 Å². The van der Waals surface area contributed by atoms with Gasteiger partial charge in [0.25, 0.3) is 5.91 Å². The SMILES string of the molecule is O=C(O)C1CCN(C(=O)c2cc(=O)[nH]c3ccccc23)C1. The number of pyridine rings is 1. The highest BCUT2D eigenvalue weighted by atomic mass is 16.4. The number of likely N-dealkylation sites (tertiary alicyclic amines) is 1. The van der Waals surface area contributed by atoms with Crippen LogP contribution in [-0.4, -0.2) is 40.0 Å². The molecule has 0 aliphatic carbocycles. The summed E-state index contributed by atoms with van der Waals surface area (Å²) in [5.74, 6) is -1.70. The molecule has 2 heterocycles. The van der Waals surface area contributed by atoms with Crippen molar-refractivity contribution >= 4 is 22.8 Å². The van der Waals surface area contributed by atoms with Gasteiger partial charge in [0, 0.05) is 30.1 Å². The van der Waals surface area contributed by atoms with Crippen molar-refractivity contribution in [3.8, 4) is 0 Å². The first-order valence-corrected chi connectivity index (χ1v) is 6.70. The maximum absolute atomic E-state index is 12.6. The summed E-state index contributed by atoms with van der Waals surface area (Å²) in [5, 5.41) is 9.67. The van der Waals surface area contributed by atoms with Gasteiger partial charge in [-0.05, 0) is 12.5 Å². The minimum absolute atomic E-state index is 0.190. The number of benzene rings is 1. The Balaban J connectivity index is 1.99. The van der Waals surface area contributed by atoms with Crippen LogP contribution in [-0.2, 0) is 4.79 Å². The van der Waals surface area contributed by atoms with Gasteiger partial charge in [0.05, 0.1) is 11.5 Å². The number of aromatic nitrogens is 1. The average Bonchev–Trinajstić information content (AvgIpc) is 2.95. The van der Waals surface area contributed by atoms with Crippen molar-refractivity contribution in [3.05, 3.63) is 46.2 Å². The van der Waals surface area contributed by atoms with Gasteiger partial charge in [0.1, 0.15) is 0 Å². The van der Waals surface area contributed by atoms with E-state index in [0.717, 1.165) is 0 Å². The number of nitrogens with one attached hydrogen (secondary N) is 1. The van der Waals surface area contributed by atoms with E-state index in [1.807, 2.05) is 0 Å². The Hall–Kier alpha value is -2.63. The summed E-state index contributed by atoms with van der Waals surface area (Å²) in [4.78, 5) is 39.4. The van der Waals surface area contributed by atoms with Crippen molar-refractivity contribution < 1.29 is 14.7 Å². The zero-order valence-electron chi connectivity index (χ0n) is 11.2. The first-order valence-electron chi connectivity index (χ1n) is 6.70. The number of para-hydroxylation sites is 1. The van der Waals surface area contributed by atoms with Crippen LogP contribution in [0.1, 0.15) is 16.8 Å². The zero-order chi connectivity index (χ0) is 15.0. The minimum atomic E-state index is -0.888. The number of amides is 1. The fourth-order valence-corrected chi connectivity index (χ4v) is 2.70. The summed E-state index contributed by atoms with van der Waals surface area (Å²) in [6.07, 6.45) is 0.447. The lowest BCUT2D eigenvalue weighted by atomic mass is 10.1. The topological polar surface area (TPSA) is 90.5 Å². The number of aliphatic carboxylic acids is 1. The second kappa shape index (κ2) is 5.05. The first kappa shape index (κ1) is 13.4. The molecule has 1 saturated heterocycles. The molecule has 21 heavy (non-hydrogen) atoms. The Kier molecular flexibility index (Phi) is 3.21. The van der Waals surface area contributed by atoms with Crippen LogP contribution >= 0.6 is 0 Å². The lowest BCUT2D eigenvalue weighted by Gasteiger charge is -2.16. The Bertz CT molecular complexity index is 781. The molecule has 1 aromatic heterocycles. The maximum Gasteiger partial charge on any atom is 0.308 e. The number of carbonyl (C=O) groups excluding carboxylic acids is 1.